The van der Waals surface area contributed by atoms with Gasteiger partial charge in [-0.05, 0) is 37.9 Å². The highest BCUT2D eigenvalue weighted by atomic mass is 19.4. The van der Waals surface area contributed by atoms with Crippen molar-refractivity contribution < 1.29 is 13.2 Å². The Hall–Kier alpha value is -1.03. The molecule has 0 saturated carbocycles. The lowest BCUT2D eigenvalue weighted by molar-refractivity contribution is -0.157. The zero-order chi connectivity index (χ0) is 13.1. The van der Waals surface area contributed by atoms with Crippen LogP contribution in [0.3, 0.4) is 0 Å². The highest BCUT2D eigenvalue weighted by Gasteiger charge is 2.40. The zero-order valence-corrected chi connectivity index (χ0v) is 10.4. The molecule has 1 rings (SSSR count). The monoisotopic (exact) mass is 245 g/mol. The number of halogens is 3. The van der Waals surface area contributed by atoms with Gasteiger partial charge in [0.05, 0.1) is 0 Å². The highest BCUT2D eigenvalue weighted by Crippen LogP contribution is 2.34. The van der Waals surface area contributed by atoms with E-state index in [1.54, 1.807) is 26.0 Å². The Labute approximate surface area is 100 Å². The maximum Gasteiger partial charge on any atom is 0.407 e. The number of aryl methyl sites for hydroxylation is 2. The van der Waals surface area contributed by atoms with Gasteiger partial charge in [0, 0.05) is 0 Å². The molecule has 0 aliphatic carbocycles. The van der Waals surface area contributed by atoms with Gasteiger partial charge in [-0.25, -0.2) is 0 Å². The van der Waals surface area contributed by atoms with Crippen molar-refractivity contribution in [2.45, 2.75) is 39.4 Å². The predicted molar refractivity (Wildman–Crippen MR) is 63.0 cm³/mol. The minimum absolute atomic E-state index is 0.325. The Morgan fingerprint density at radius 2 is 1.88 bits per heavy atom. The first-order chi connectivity index (χ1) is 7.86. The first-order valence-electron chi connectivity index (χ1n) is 5.73. The van der Waals surface area contributed by atoms with Crippen LogP contribution in [0.15, 0.2) is 18.2 Å². The molecule has 0 radical (unpaired) electrons. The van der Waals surface area contributed by atoms with Crippen molar-refractivity contribution in [2.24, 2.45) is 0 Å². The lowest BCUT2D eigenvalue weighted by Crippen LogP contribution is -2.35. The largest absolute Gasteiger partial charge is 0.407 e. The van der Waals surface area contributed by atoms with Crippen molar-refractivity contribution in [2.75, 3.05) is 6.54 Å². The van der Waals surface area contributed by atoms with E-state index in [2.05, 4.69) is 5.32 Å². The van der Waals surface area contributed by atoms with Crippen molar-refractivity contribution in [3.8, 4) is 0 Å². The quantitative estimate of drug-likeness (QED) is 0.848. The molecule has 0 spiro atoms. The molecule has 96 valence electrons. The topological polar surface area (TPSA) is 12.0 Å². The third kappa shape index (κ3) is 3.73. The molecule has 1 N–H and O–H groups in total. The predicted octanol–water partition coefficient (Wildman–Crippen LogP) is 3.91. The summed E-state index contributed by atoms with van der Waals surface area (Å²) >= 11 is 0. The summed E-state index contributed by atoms with van der Waals surface area (Å²) in [6, 6.07) is 3.60. The number of rotatable bonds is 4. The van der Waals surface area contributed by atoms with E-state index >= 15 is 0 Å². The van der Waals surface area contributed by atoms with Gasteiger partial charge in [0.2, 0.25) is 0 Å². The molecule has 1 atom stereocenters. The molecule has 0 saturated heterocycles. The van der Waals surface area contributed by atoms with Crippen LogP contribution >= 0.6 is 0 Å². The number of benzene rings is 1. The summed E-state index contributed by atoms with van der Waals surface area (Å²) in [5.74, 6) is 0. The van der Waals surface area contributed by atoms with Crippen LogP contribution < -0.4 is 5.32 Å². The minimum atomic E-state index is -4.26. The van der Waals surface area contributed by atoms with E-state index in [0.29, 0.717) is 24.1 Å². The second kappa shape index (κ2) is 5.54. The SMILES string of the molecule is CCCNC(c1cc(C)ccc1C)C(F)(F)F. The Kier molecular flexibility index (Phi) is 4.57. The van der Waals surface area contributed by atoms with E-state index in [0.717, 1.165) is 5.56 Å². The Morgan fingerprint density at radius 3 is 2.41 bits per heavy atom. The molecule has 1 aromatic carbocycles. The molecule has 0 amide bonds. The van der Waals surface area contributed by atoms with Crippen LogP contribution in [-0.2, 0) is 0 Å². The van der Waals surface area contributed by atoms with Crippen LogP contribution in [0.4, 0.5) is 13.2 Å². The molecule has 1 nitrogen and oxygen atoms in total. The molecular formula is C13H18F3N. The van der Waals surface area contributed by atoms with Gasteiger partial charge in [-0.1, -0.05) is 30.7 Å². The van der Waals surface area contributed by atoms with Crippen LogP contribution in [-0.4, -0.2) is 12.7 Å². The smallest absolute Gasteiger partial charge is 0.302 e. The molecule has 4 heteroatoms. The molecule has 0 aliphatic heterocycles. The van der Waals surface area contributed by atoms with Crippen molar-refractivity contribution in [1.29, 1.82) is 0 Å². The number of nitrogens with one attached hydrogen (secondary N) is 1. The number of hydrogen-bond donors (Lipinski definition) is 1. The Balaban J connectivity index is 3.08. The first kappa shape index (κ1) is 14.0. The van der Waals surface area contributed by atoms with Gasteiger partial charge in [-0.15, -0.1) is 0 Å². The summed E-state index contributed by atoms with van der Waals surface area (Å²) < 4.78 is 38.9. The average Bonchev–Trinajstić information content (AvgIpc) is 2.21. The molecule has 1 unspecified atom stereocenters. The van der Waals surface area contributed by atoms with Gasteiger partial charge < -0.3 is 5.32 Å². The van der Waals surface area contributed by atoms with Crippen LogP contribution in [0.5, 0.6) is 0 Å². The van der Waals surface area contributed by atoms with E-state index in [1.165, 1.54) is 0 Å². The summed E-state index contributed by atoms with van der Waals surface area (Å²) in [4.78, 5) is 0. The van der Waals surface area contributed by atoms with Gasteiger partial charge in [0.1, 0.15) is 6.04 Å². The normalized spacial score (nSPS) is 13.8. The fourth-order valence-corrected chi connectivity index (χ4v) is 1.76. The van der Waals surface area contributed by atoms with E-state index in [-0.39, 0.29) is 0 Å². The summed E-state index contributed by atoms with van der Waals surface area (Å²) in [6.45, 7) is 5.72. The van der Waals surface area contributed by atoms with Crippen molar-refractivity contribution in [3.63, 3.8) is 0 Å². The number of alkyl halides is 3. The molecule has 0 heterocycles. The number of hydrogen-bond acceptors (Lipinski definition) is 1. The summed E-state index contributed by atoms with van der Waals surface area (Å²) in [5, 5.41) is 2.57. The first-order valence-corrected chi connectivity index (χ1v) is 5.73. The molecule has 17 heavy (non-hydrogen) atoms. The van der Waals surface area contributed by atoms with E-state index in [1.807, 2.05) is 13.0 Å². The van der Waals surface area contributed by atoms with Crippen LogP contribution in [0, 0.1) is 13.8 Å². The van der Waals surface area contributed by atoms with Crippen molar-refractivity contribution in [3.05, 3.63) is 34.9 Å². The lowest BCUT2D eigenvalue weighted by Gasteiger charge is -2.24. The molecular weight excluding hydrogens is 227 g/mol. The third-order valence-corrected chi connectivity index (χ3v) is 2.67. The van der Waals surface area contributed by atoms with Gasteiger partial charge in [0.25, 0.3) is 0 Å². The zero-order valence-electron chi connectivity index (χ0n) is 10.4. The van der Waals surface area contributed by atoms with E-state index in [4.69, 9.17) is 0 Å². The van der Waals surface area contributed by atoms with Gasteiger partial charge in [-0.3, -0.25) is 0 Å². The maximum atomic E-state index is 13.0. The second-order valence-corrected chi connectivity index (χ2v) is 4.29. The summed E-state index contributed by atoms with van der Waals surface area (Å²) in [5.41, 5.74) is 1.84. The second-order valence-electron chi connectivity index (χ2n) is 4.29. The molecule has 0 aromatic heterocycles. The van der Waals surface area contributed by atoms with E-state index < -0.39 is 12.2 Å². The average molecular weight is 245 g/mol. The van der Waals surface area contributed by atoms with Gasteiger partial charge in [-0.2, -0.15) is 13.2 Å². The third-order valence-electron chi connectivity index (χ3n) is 2.67. The fraction of sp³-hybridized carbons (Fsp3) is 0.538. The fourth-order valence-electron chi connectivity index (χ4n) is 1.76. The van der Waals surface area contributed by atoms with Crippen LogP contribution in [0.1, 0.15) is 36.1 Å². The molecule has 0 aliphatic rings. The van der Waals surface area contributed by atoms with Crippen LogP contribution in [0.25, 0.3) is 0 Å². The Morgan fingerprint density at radius 1 is 1.24 bits per heavy atom. The van der Waals surface area contributed by atoms with Gasteiger partial charge in [0.15, 0.2) is 0 Å². The van der Waals surface area contributed by atoms with Crippen LogP contribution in [0.2, 0.25) is 0 Å². The van der Waals surface area contributed by atoms with Gasteiger partial charge >= 0.3 is 6.18 Å². The molecule has 0 bridgehead atoms. The van der Waals surface area contributed by atoms with E-state index in [9.17, 15) is 13.2 Å². The standard InChI is InChI=1S/C13H18F3N/c1-4-7-17-12(13(14,15)16)11-8-9(2)5-6-10(11)3/h5-6,8,12,17H,4,7H2,1-3H3. The maximum absolute atomic E-state index is 13.0. The molecule has 0 fully saturated rings. The lowest BCUT2D eigenvalue weighted by atomic mass is 9.98. The summed E-state index contributed by atoms with van der Waals surface area (Å²) in [6.07, 6.45) is -3.58. The van der Waals surface area contributed by atoms with Crippen molar-refractivity contribution in [1.82, 2.24) is 5.32 Å². The summed E-state index contributed by atoms with van der Waals surface area (Å²) in [7, 11) is 0. The highest BCUT2D eigenvalue weighted by molar-refractivity contribution is 5.33. The van der Waals surface area contributed by atoms with Crippen molar-refractivity contribution >= 4 is 0 Å². The molecule has 1 aromatic rings. The Bertz CT molecular complexity index is 371. The minimum Gasteiger partial charge on any atom is -0.302 e.